The van der Waals surface area contributed by atoms with Crippen molar-refractivity contribution in [1.82, 2.24) is 4.90 Å². The van der Waals surface area contributed by atoms with Crippen molar-refractivity contribution >= 4 is 0 Å². The lowest BCUT2D eigenvalue weighted by molar-refractivity contribution is -0.190. The summed E-state index contributed by atoms with van der Waals surface area (Å²) in [5, 5.41) is 0. The fourth-order valence-corrected chi connectivity index (χ4v) is 1.74. The van der Waals surface area contributed by atoms with E-state index >= 15 is 0 Å². The fourth-order valence-electron chi connectivity index (χ4n) is 1.74. The highest BCUT2D eigenvalue weighted by Gasteiger charge is 2.43. The summed E-state index contributed by atoms with van der Waals surface area (Å²) < 4.78 is 37.0. The number of halogens is 3. The van der Waals surface area contributed by atoms with Crippen LogP contribution in [0.3, 0.4) is 0 Å². The third-order valence-corrected chi connectivity index (χ3v) is 2.40. The number of piperidine rings is 1. The largest absolute Gasteiger partial charge is 0.404 e. The molecule has 0 bridgehead atoms. The molecule has 1 atom stereocenters. The zero-order chi connectivity index (χ0) is 9.19. The van der Waals surface area contributed by atoms with Crippen LogP contribution in [0.2, 0.25) is 0 Å². The monoisotopic (exact) mass is 181 g/mol. The molecule has 12 heavy (non-hydrogen) atoms. The zero-order valence-corrected chi connectivity index (χ0v) is 7.19. The van der Waals surface area contributed by atoms with Gasteiger partial charge in [-0.1, -0.05) is 13.3 Å². The van der Waals surface area contributed by atoms with Crippen LogP contribution >= 0.6 is 0 Å². The van der Waals surface area contributed by atoms with Crippen LogP contribution in [0.15, 0.2) is 0 Å². The van der Waals surface area contributed by atoms with Gasteiger partial charge in [-0.05, 0) is 25.9 Å². The van der Waals surface area contributed by atoms with Crippen molar-refractivity contribution in [3.8, 4) is 0 Å². The molecule has 0 amide bonds. The first-order chi connectivity index (χ1) is 5.55. The number of rotatable bonds is 1. The van der Waals surface area contributed by atoms with Crippen molar-refractivity contribution in [2.24, 2.45) is 0 Å². The van der Waals surface area contributed by atoms with E-state index in [9.17, 15) is 13.2 Å². The summed E-state index contributed by atoms with van der Waals surface area (Å²) in [6.45, 7) is 2.88. The van der Waals surface area contributed by atoms with Crippen LogP contribution in [0, 0.1) is 0 Å². The first-order valence-corrected chi connectivity index (χ1v) is 4.36. The Hall–Kier alpha value is -0.250. The highest BCUT2D eigenvalue weighted by Crippen LogP contribution is 2.31. The minimum atomic E-state index is -4.03. The van der Waals surface area contributed by atoms with Gasteiger partial charge in [-0.3, -0.25) is 4.90 Å². The smallest absolute Gasteiger partial charge is 0.293 e. The quantitative estimate of drug-likeness (QED) is 0.600. The maximum atomic E-state index is 12.3. The molecule has 4 heteroatoms. The van der Waals surface area contributed by atoms with Crippen molar-refractivity contribution in [3.05, 3.63) is 0 Å². The van der Waals surface area contributed by atoms with Gasteiger partial charge in [0.25, 0.3) is 0 Å². The van der Waals surface area contributed by atoms with Gasteiger partial charge in [0.1, 0.15) is 6.04 Å². The molecule has 1 rings (SSSR count). The van der Waals surface area contributed by atoms with Crippen molar-refractivity contribution in [3.63, 3.8) is 0 Å². The van der Waals surface area contributed by atoms with Gasteiger partial charge in [-0.2, -0.15) is 13.2 Å². The van der Waals surface area contributed by atoms with Crippen molar-refractivity contribution in [2.75, 3.05) is 13.1 Å². The van der Waals surface area contributed by atoms with Gasteiger partial charge in [0, 0.05) is 0 Å². The van der Waals surface area contributed by atoms with Crippen LogP contribution in [-0.4, -0.2) is 30.2 Å². The van der Waals surface area contributed by atoms with Gasteiger partial charge in [-0.15, -0.1) is 0 Å². The summed E-state index contributed by atoms with van der Waals surface area (Å²) in [5.41, 5.74) is 0. The maximum Gasteiger partial charge on any atom is 0.404 e. The third-order valence-electron chi connectivity index (χ3n) is 2.40. The van der Waals surface area contributed by atoms with E-state index < -0.39 is 12.2 Å². The van der Waals surface area contributed by atoms with Gasteiger partial charge in [-0.25, -0.2) is 0 Å². The molecule has 1 heterocycles. The second-order valence-corrected chi connectivity index (χ2v) is 3.18. The number of nitrogens with zero attached hydrogens (tertiary/aromatic N) is 1. The van der Waals surface area contributed by atoms with Crippen LogP contribution in [0.1, 0.15) is 26.2 Å². The molecule has 1 aliphatic heterocycles. The molecule has 72 valence electrons. The number of hydrogen-bond donors (Lipinski definition) is 0. The van der Waals surface area contributed by atoms with E-state index in [-0.39, 0.29) is 6.42 Å². The van der Waals surface area contributed by atoms with E-state index in [1.807, 2.05) is 0 Å². The lowest BCUT2D eigenvalue weighted by Crippen LogP contribution is -2.48. The molecular formula is C8H14F3N. The Bertz CT molecular complexity index is 144. The maximum absolute atomic E-state index is 12.3. The minimum Gasteiger partial charge on any atom is -0.293 e. The number of alkyl halides is 3. The van der Waals surface area contributed by atoms with E-state index in [1.165, 1.54) is 4.90 Å². The van der Waals surface area contributed by atoms with Gasteiger partial charge in [0.15, 0.2) is 0 Å². The predicted octanol–water partition coefficient (Wildman–Crippen LogP) is 2.42. The summed E-state index contributed by atoms with van der Waals surface area (Å²) in [7, 11) is 0. The molecule has 1 nitrogen and oxygen atoms in total. The van der Waals surface area contributed by atoms with Crippen molar-refractivity contribution in [1.29, 1.82) is 0 Å². The molecule has 1 saturated heterocycles. The first-order valence-electron chi connectivity index (χ1n) is 4.36. The van der Waals surface area contributed by atoms with Gasteiger partial charge >= 0.3 is 6.18 Å². The lowest BCUT2D eigenvalue weighted by Gasteiger charge is -2.35. The van der Waals surface area contributed by atoms with Gasteiger partial charge in [0.2, 0.25) is 0 Å². The molecule has 0 N–H and O–H groups in total. The Morgan fingerprint density at radius 1 is 1.33 bits per heavy atom. The summed E-state index contributed by atoms with van der Waals surface area (Å²) in [6.07, 6.45) is -2.14. The minimum absolute atomic E-state index is 0.275. The summed E-state index contributed by atoms with van der Waals surface area (Å²) in [4.78, 5) is 1.52. The number of likely N-dealkylation sites (tertiary alicyclic amines) is 1. The van der Waals surface area contributed by atoms with Crippen molar-refractivity contribution < 1.29 is 13.2 Å². The molecule has 0 aromatic carbocycles. The van der Waals surface area contributed by atoms with E-state index in [0.29, 0.717) is 19.5 Å². The average Bonchev–Trinajstić information content (AvgIpc) is 2.03. The summed E-state index contributed by atoms with van der Waals surface area (Å²) in [5.74, 6) is 0. The van der Waals surface area contributed by atoms with E-state index in [1.54, 1.807) is 6.92 Å². The Kier molecular flexibility index (Phi) is 2.99. The van der Waals surface area contributed by atoms with E-state index in [2.05, 4.69) is 0 Å². The Labute approximate surface area is 70.5 Å². The summed E-state index contributed by atoms with van der Waals surface area (Å²) >= 11 is 0. The van der Waals surface area contributed by atoms with E-state index in [4.69, 9.17) is 0 Å². The number of hydrogen-bond acceptors (Lipinski definition) is 1. The fraction of sp³-hybridized carbons (Fsp3) is 1.00. The third kappa shape index (κ3) is 2.12. The molecular weight excluding hydrogens is 167 g/mol. The topological polar surface area (TPSA) is 3.24 Å². The van der Waals surface area contributed by atoms with Gasteiger partial charge in [0.05, 0.1) is 0 Å². The van der Waals surface area contributed by atoms with Crippen LogP contribution in [0.25, 0.3) is 0 Å². The molecule has 0 spiro atoms. The molecule has 0 aliphatic carbocycles. The van der Waals surface area contributed by atoms with Crippen LogP contribution in [-0.2, 0) is 0 Å². The SMILES string of the molecule is CCN1CCCC[C@H]1C(F)(F)F. The normalized spacial score (nSPS) is 27.5. The van der Waals surface area contributed by atoms with E-state index in [0.717, 1.165) is 6.42 Å². The predicted molar refractivity (Wildman–Crippen MR) is 40.9 cm³/mol. The summed E-state index contributed by atoms with van der Waals surface area (Å²) in [6, 6.07) is -1.18. The lowest BCUT2D eigenvalue weighted by atomic mass is 10.0. The zero-order valence-electron chi connectivity index (χ0n) is 7.19. The molecule has 0 saturated carbocycles. The molecule has 1 aliphatic rings. The highest BCUT2D eigenvalue weighted by molar-refractivity contribution is 4.81. The average molecular weight is 181 g/mol. The second kappa shape index (κ2) is 3.64. The van der Waals surface area contributed by atoms with Crippen molar-refractivity contribution in [2.45, 2.75) is 38.4 Å². The molecule has 0 unspecified atom stereocenters. The Morgan fingerprint density at radius 2 is 2.00 bits per heavy atom. The Balaban J connectivity index is 2.59. The first kappa shape index (κ1) is 9.84. The Morgan fingerprint density at radius 3 is 2.42 bits per heavy atom. The molecule has 0 radical (unpaired) electrons. The van der Waals surface area contributed by atoms with Crippen LogP contribution in [0.5, 0.6) is 0 Å². The second-order valence-electron chi connectivity index (χ2n) is 3.18. The van der Waals surface area contributed by atoms with Crippen LogP contribution in [0.4, 0.5) is 13.2 Å². The van der Waals surface area contributed by atoms with Crippen LogP contribution < -0.4 is 0 Å². The molecule has 0 aromatic heterocycles. The molecule has 0 aromatic rings. The van der Waals surface area contributed by atoms with Gasteiger partial charge < -0.3 is 0 Å². The standard InChI is InChI=1S/C8H14F3N/c1-2-12-6-4-3-5-7(12)8(9,10)11/h7H,2-6H2,1H3/t7-/m0/s1. The highest BCUT2D eigenvalue weighted by atomic mass is 19.4. The molecule has 1 fully saturated rings.